The summed E-state index contributed by atoms with van der Waals surface area (Å²) < 4.78 is 103. The molecule has 3 aliphatic rings. The third kappa shape index (κ3) is 5.44. The highest BCUT2D eigenvalue weighted by molar-refractivity contribution is 6.05. The Balaban J connectivity index is 1.48. The summed E-state index contributed by atoms with van der Waals surface area (Å²) in [6.45, 7) is 3.73. The van der Waals surface area contributed by atoms with Crippen LogP contribution in [0.4, 0.5) is 32.2 Å². The second-order valence-corrected chi connectivity index (χ2v) is 12.8. The number of ether oxygens (including phenoxy) is 2. The highest BCUT2D eigenvalue weighted by atomic mass is 19.4. The van der Waals surface area contributed by atoms with Gasteiger partial charge >= 0.3 is 12.2 Å². The first-order chi connectivity index (χ1) is 22.9. The maximum atomic E-state index is 17.1. The number of hydrogen-bond donors (Lipinski definition) is 1. The molecule has 0 spiro atoms. The number of fused-ring (bicyclic) bond motifs is 3. The molecule has 3 aromatic carbocycles. The van der Waals surface area contributed by atoms with Crippen LogP contribution >= 0.6 is 0 Å². The van der Waals surface area contributed by atoms with E-state index in [4.69, 9.17) is 15.9 Å². The van der Waals surface area contributed by atoms with E-state index in [2.05, 4.69) is 15.9 Å². The number of phenolic OH excluding ortho intramolecular Hbond substituents is 1. The van der Waals surface area contributed by atoms with Gasteiger partial charge in [-0.3, -0.25) is 4.90 Å². The number of phenols is 1. The van der Waals surface area contributed by atoms with Crippen molar-refractivity contribution in [3.8, 4) is 35.2 Å². The zero-order valence-electron chi connectivity index (χ0n) is 26.1. The molecular formula is C35H32F6N4O3. The molecule has 1 aromatic heterocycles. The van der Waals surface area contributed by atoms with E-state index in [1.54, 1.807) is 4.90 Å². The first kappa shape index (κ1) is 32.3. The lowest BCUT2D eigenvalue weighted by Gasteiger charge is -2.31. The van der Waals surface area contributed by atoms with Crippen molar-refractivity contribution in [2.24, 2.45) is 0 Å². The van der Waals surface area contributed by atoms with Gasteiger partial charge in [-0.15, -0.1) is 6.42 Å². The average Bonchev–Trinajstić information content (AvgIpc) is 3.41. The zero-order valence-corrected chi connectivity index (χ0v) is 26.1. The van der Waals surface area contributed by atoms with Crippen molar-refractivity contribution in [3.05, 3.63) is 52.6 Å². The lowest BCUT2D eigenvalue weighted by atomic mass is 9.89. The smallest absolute Gasteiger partial charge is 0.417 e. The molecule has 252 valence electrons. The number of aromatic hydroxyl groups is 1. The number of hydrogen-bond acceptors (Lipinski definition) is 7. The SMILES string of the molecule is C#Cc1c(F)c(C)cc2cc(O)cc(-c3c(C(F)(F)F)cc4c(N5CCCOCC5)nc(OC[C@@]56CCCN5C[C@H](F)C6)nc4c3F)c12. The molecule has 3 aliphatic heterocycles. The molecule has 0 bridgehead atoms. The van der Waals surface area contributed by atoms with Crippen LogP contribution in [0, 0.1) is 30.9 Å². The molecule has 0 amide bonds. The monoisotopic (exact) mass is 670 g/mol. The summed E-state index contributed by atoms with van der Waals surface area (Å²) in [6, 6.07) is 3.98. The Morgan fingerprint density at radius 2 is 1.90 bits per heavy atom. The van der Waals surface area contributed by atoms with E-state index in [1.807, 2.05) is 4.90 Å². The molecule has 0 unspecified atom stereocenters. The number of alkyl halides is 4. The van der Waals surface area contributed by atoms with E-state index in [0.717, 1.165) is 18.6 Å². The zero-order chi connectivity index (χ0) is 34.0. The van der Waals surface area contributed by atoms with Crippen LogP contribution in [0.3, 0.4) is 0 Å². The fourth-order valence-corrected chi connectivity index (χ4v) is 7.57. The van der Waals surface area contributed by atoms with Gasteiger partial charge in [-0.25, -0.2) is 13.2 Å². The van der Waals surface area contributed by atoms with Crippen LogP contribution in [-0.2, 0) is 10.9 Å². The van der Waals surface area contributed by atoms with E-state index in [1.165, 1.54) is 19.1 Å². The van der Waals surface area contributed by atoms with E-state index in [9.17, 15) is 22.7 Å². The quantitative estimate of drug-likeness (QED) is 0.183. The molecule has 2 atom stereocenters. The molecule has 0 radical (unpaired) electrons. The molecule has 13 heteroatoms. The molecule has 4 heterocycles. The summed E-state index contributed by atoms with van der Waals surface area (Å²) in [4.78, 5) is 12.5. The lowest BCUT2D eigenvalue weighted by Crippen LogP contribution is -2.43. The number of halogens is 6. The van der Waals surface area contributed by atoms with Crippen LogP contribution in [0.2, 0.25) is 0 Å². The molecule has 0 saturated carbocycles. The van der Waals surface area contributed by atoms with Crippen LogP contribution in [-0.4, -0.2) is 77.7 Å². The molecular weight excluding hydrogens is 638 g/mol. The van der Waals surface area contributed by atoms with Gasteiger partial charge in [-0.05, 0) is 73.5 Å². The standard InChI is InChI=1S/C35H32F6N4O3/c1-3-23-27-20(12-19(2)29(23)37)13-22(46)14-24(27)28-26(35(39,40)41)15-25-31(30(28)38)42-33(43-32(25)44-7-5-10-47-11-9-44)48-18-34-6-4-8-45(34)17-21(36)16-34/h1,12-15,21,46H,4-11,16-18H2,2H3/t21-,34+/m1/s1. The Bertz CT molecular complexity index is 1970. The topological polar surface area (TPSA) is 71.0 Å². The molecule has 3 saturated heterocycles. The van der Waals surface area contributed by atoms with Crippen molar-refractivity contribution in [1.82, 2.24) is 14.9 Å². The largest absolute Gasteiger partial charge is 0.508 e. The number of nitrogens with zero attached hydrogens (tertiary/aromatic N) is 4. The van der Waals surface area contributed by atoms with Gasteiger partial charge in [0.1, 0.15) is 35.7 Å². The van der Waals surface area contributed by atoms with E-state index >= 15 is 8.78 Å². The number of anilines is 1. The number of rotatable bonds is 5. The van der Waals surface area contributed by atoms with E-state index in [0.29, 0.717) is 32.5 Å². The summed E-state index contributed by atoms with van der Waals surface area (Å²) >= 11 is 0. The van der Waals surface area contributed by atoms with Gasteiger partial charge in [0.25, 0.3) is 0 Å². The summed E-state index contributed by atoms with van der Waals surface area (Å²) in [6.07, 6.45) is 1.83. The third-order valence-electron chi connectivity index (χ3n) is 9.70. The predicted octanol–water partition coefficient (Wildman–Crippen LogP) is 6.92. The summed E-state index contributed by atoms with van der Waals surface area (Å²) in [5.41, 5.74) is -4.11. The second-order valence-electron chi connectivity index (χ2n) is 12.8. The molecule has 7 nitrogen and oxygen atoms in total. The van der Waals surface area contributed by atoms with Gasteiger partial charge < -0.3 is 19.5 Å². The van der Waals surface area contributed by atoms with Gasteiger partial charge in [0.05, 0.1) is 23.3 Å². The summed E-state index contributed by atoms with van der Waals surface area (Å²) in [5, 5.41) is 10.3. The van der Waals surface area contributed by atoms with Crippen molar-refractivity contribution >= 4 is 27.5 Å². The maximum absolute atomic E-state index is 17.1. The van der Waals surface area contributed by atoms with Crippen molar-refractivity contribution in [2.45, 2.75) is 50.5 Å². The van der Waals surface area contributed by atoms with Crippen LogP contribution < -0.4 is 9.64 Å². The first-order valence-corrected chi connectivity index (χ1v) is 15.8. The van der Waals surface area contributed by atoms with Crippen LogP contribution in [0.25, 0.3) is 32.8 Å². The molecule has 4 aromatic rings. The summed E-state index contributed by atoms with van der Waals surface area (Å²) in [7, 11) is 0. The van der Waals surface area contributed by atoms with Crippen LogP contribution in [0.15, 0.2) is 24.3 Å². The Kier molecular flexibility index (Phi) is 8.07. The predicted molar refractivity (Wildman–Crippen MR) is 168 cm³/mol. The number of benzene rings is 3. The fourth-order valence-electron chi connectivity index (χ4n) is 7.57. The number of terminal acetylenes is 1. The third-order valence-corrected chi connectivity index (χ3v) is 9.70. The minimum Gasteiger partial charge on any atom is -0.508 e. The maximum Gasteiger partial charge on any atom is 0.417 e. The Labute approximate surface area is 272 Å². The first-order valence-electron chi connectivity index (χ1n) is 15.8. The molecule has 1 N–H and O–H groups in total. The number of aromatic nitrogens is 2. The molecule has 48 heavy (non-hydrogen) atoms. The van der Waals surface area contributed by atoms with Gasteiger partial charge in [-0.2, -0.15) is 23.1 Å². The van der Waals surface area contributed by atoms with E-state index < -0.39 is 57.5 Å². The van der Waals surface area contributed by atoms with Gasteiger partial charge in [0.15, 0.2) is 5.82 Å². The Morgan fingerprint density at radius 1 is 1.08 bits per heavy atom. The minimum atomic E-state index is -5.10. The minimum absolute atomic E-state index is 0.0118. The van der Waals surface area contributed by atoms with E-state index in [-0.39, 0.29) is 71.8 Å². The van der Waals surface area contributed by atoms with Crippen LogP contribution in [0.1, 0.15) is 42.4 Å². The average molecular weight is 671 g/mol. The van der Waals surface area contributed by atoms with Gasteiger partial charge in [0.2, 0.25) is 0 Å². The van der Waals surface area contributed by atoms with Crippen LogP contribution in [0.5, 0.6) is 11.8 Å². The Hall–Kier alpha value is -4.28. The molecule has 7 rings (SSSR count). The lowest BCUT2D eigenvalue weighted by molar-refractivity contribution is -0.137. The van der Waals surface area contributed by atoms with Crippen molar-refractivity contribution in [3.63, 3.8) is 0 Å². The highest BCUT2D eigenvalue weighted by Gasteiger charge is 2.49. The second kappa shape index (κ2) is 12.0. The number of aryl methyl sites for hydroxylation is 1. The summed E-state index contributed by atoms with van der Waals surface area (Å²) in [5.74, 6) is -0.470. The van der Waals surface area contributed by atoms with Gasteiger partial charge in [0, 0.05) is 49.0 Å². The Morgan fingerprint density at radius 3 is 2.67 bits per heavy atom. The molecule has 0 aliphatic carbocycles. The molecule has 3 fully saturated rings. The van der Waals surface area contributed by atoms with Crippen molar-refractivity contribution in [1.29, 1.82) is 0 Å². The fraction of sp³-hybridized carbons (Fsp3) is 0.429. The van der Waals surface area contributed by atoms with Gasteiger partial charge in [-0.1, -0.05) is 5.92 Å². The highest BCUT2D eigenvalue weighted by Crippen LogP contribution is 2.47. The van der Waals surface area contributed by atoms with Crippen molar-refractivity contribution in [2.75, 3.05) is 50.9 Å². The normalized spacial score (nSPS) is 21.9. The van der Waals surface area contributed by atoms with Crippen molar-refractivity contribution < 1.29 is 40.9 Å².